The Bertz CT molecular complexity index is 775. The summed E-state index contributed by atoms with van der Waals surface area (Å²) in [6.07, 6.45) is 3.64. The van der Waals surface area contributed by atoms with Gasteiger partial charge in [-0.25, -0.2) is 8.91 Å². The minimum atomic E-state index is -0.240. The smallest absolute Gasteiger partial charge is 0.216 e. The summed E-state index contributed by atoms with van der Waals surface area (Å²) in [6.45, 7) is 9.94. The van der Waals surface area contributed by atoms with Gasteiger partial charge in [0.1, 0.15) is 18.2 Å². The largest absolute Gasteiger partial charge is 0.492 e. The third-order valence-electron chi connectivity index (χ3n) is 3.25. The van der Waals surface area contributed by atoms with Crippen LogP contribution in [-0.2, 0) is 0 Å². The fourth-order valence-electron chi connectivity index (χ4n) is 2.00. The van der Waals surface area contributed by atoms with Crippen LogP contribution in [-0.4, -0.2) is 41.4 Å². The van der Waals surface area contributed by atoms with Crippen LogP contribution >= 0.6 is 0 Å². The van der Waals surface area contributed by atoms with E-state index in [2.05, 4.69) is 15.4 Å². The molecule has 0 saturated heterocycles. The van der Waals surface area contributed by atoms with Gasteiger partial charge in [0.15, 0.2) is 5.65 Å². The lowest BCUT2D eigenvalue weighted by Gasteiger charge is -2.04. The zero-order chi connectivity index (χ0) is 20.1. The zero-order valence-electron chi connectivity index (χ0n) is 16.7. The Morgan fingerprint density at radius 3 is 2.44 bits per heavy atom. The van der Waals surface area contributed by atoms with Crippen LogP contribution in [0.4, 0.5) is 4.39 Å². The Morgan fingerprint density at radius 2 is 1.81 bits per heavy atom. The van der Waals surface area contributed by atoms with Crippen LogP contribution in [0.2, 0.25) is 0 Å². The Kier molecular flexibility index (Phi) is 10.5. The molecule has 0 aliphatic rings. The monoisotopic (exact) mass is 376 g/mol. The number of aromatic nitrogens is 3. The number of likely N-dealkylation sites (N-methyl/N-ethyl adjacent to an activating group) is 1. The number of hydrogen-bond acceptors (Lipinski definition) is 5. The number of halogens is 1. The molecular weight excluding hydrogens is 347 g/mol. The summed E-state index contributed by atoms with van der Waals surface area (Å²) >= 11 is 0. The molecule has 0 amide bonds. The molecule has 0 fully saturated rings. The van der Waals surface area contributed by atoms with E-state index in [1.165, 1.54) is 12.1 Å². The molecule has 1 aromatic carbocycles. The van der Waals surface area contributed by atoms with E-state index in [1.807, 2.05) is 47.0 Å². The highest BCUT2D eigenvalue weighted by Gasteiger charge is 2.02. The molecule has 2 heterocycles. The number of aryl methyl sites for hydroxylation is 1. The second kappa shape index (κ2) is 12.6. The van der Waals surface area contributed by atoms with Crippen molar-refractivity contribution in [3.05, 3.63) is 54.1 Å². The highest BCUT2D eigenvalue weighted by molar-refractivity contribution is 5.46. The molecule has 2 aromatic heterocycles. The molecule has 1 N–H and O–H groups in total. The van der Waals surface area contributed by atoms with Crippen molar-refractivity contribution in [2.45, 2.75) is 27.7 Å². The normalized spacial score (nSPS) is 9.70. The van der Waals surface area contributed by atoms with Gasteiger partial charge in [0.2, 0.25) is 5.88 Å². The topological polar surface area (TPSA) is 60.7 Å². The van der Waals surface area contributed by atoms with Crippen molar-refractivity contribution in [3.63, 3.8) is 0 Å². The van der Waals surface area contributed by atoms with Crippen LogP contribution in [0.15, 0.2) is 42.7 Å². The minimum Gasteiger partial charge on any atom is -0.492 e. The molecule has 0 atom stereocenters. The van der Waals surface area contributed by atoms with Crippen LogP contribution in [0.25, 0.3) is 5.65 Å². The maximum absolute atomic E-state index is 12.4. The lowest BCUT2D eigenvalue weighted by Crippen LogP contribution is -2.15. The average Bonchev–Trinajstić information content (AvgIpc) is 3.07. The van der Waals surface area contributed by atoms with Gasteiger partial charge in [-0.05, 0) is 45.2 Å². The van der Waals surface area contributed by atoms with Crippen molar-refractivity contribution >= 4 is 5.65 Å². The molecule has 3 aromatic rings. The molecule has 0 spiro atoms. The van der Waals surface area contributed by atoms with E-state index < -0.39 is 0 Å². The number of nitrogens with zero attached hydrogens (tertiary/aromatic N) is 3. The van der Waals surface area contributed by atoms with Gasteiger partial charge in [0, 0.05) is 24.4 Å². The van der Waals surface area contributed by atoms with Crippen LogP contribution in [0.3, 0.4) is 0 Å². The molecular formula is C20H29FN4O2. The van der Waals surface area contributed by atoms with E-state index in [4.69, 9.17) is 9.47 Å². The average molecular weight is 376 g/mol. The molecule has 3 rings (SSSR count). The van der Waals surface area contributed by atoms with E-state index in [-0.39, 0.29) is 5.82 Å². The van der Waals surface area contributed by atoms with Crippen molar-refractivity contribution in [1.29, 1.82) is 0 Å². The summed E-state index contributed by atoms with van der Waals surface area (Å²) < 4.78 is 24.7. The van der Waals surface area contributed by atoms with E-state index >= 15 is 0 Å². The van der Waals surface area contributed by atoms with Gasteiger partial charge in [0.25, 0.3) is 0 Å². The third kappa shape index (κ3) is 7.62. The van der Waals surface area contributed by atoms with E-state index in [0.717, 1.165) is 17.8 Å². The van der Waals surface area contributed by atoms with E-state index in [9.17, 15) is 4.39 Å². The first-order valence-corrected chi connectivity index (χ1v) is 9.10. The van der Waals surface area contributed by atoms with Crippen molar-refractivity contribution < 1.29 is 13.9 Å². The number of ether oxygens (including phenoxy) is 2. The Labute approximate surface area is 160 Å². The first-order chi connectivity index (χ1) is 13.1. The Morgan fingerprint density at radius 1 is 1.11 bits per heavy atom. The van der Waals surface area contributed by atoms with Gasteiger partial charge in [-0.15, -0.1) is 0 Å². The SMILES string of the molecule is CC.CCOc1ccn2ncc(C)c2n1.CNCCOc1ccc(F)cc1. The predicted molar refractivity (Wildman–Crippen MR) is 106 cm³/mol. The summed E-state index contributed by atoms with van der Waals surface area (Å²) in [5.41, 5.74) is 1.91. The standard InChI is InChI=1S/C9H12FNO.C9H11N3O.C2H6/c1-11-6-7-12-9-4-2-8(10)3-5-9;1-3-13-8-4-5-12-9(11-8)7(2)6-10-12;1-2/h2-5,11H,6-7H2,1H3;4-6H,3H2,1-2H3;1-2H3. The van der Waals surface area contributed by atoms with Crippen LogP contribution < -0.4 is 14.8 Å². The van der Waals surface area contributed by atoms with Gasteiger partial charge in [-0.1, -0.05) is 13.8 Å². The molecule has 7 heteroatoms. The van der Waals surface area contributed by atoms with Crippen molar-refractivity contribution in [1.82, 2.24) is 19.9 Å². The Hall–Kier alpha value is -2.67. The number of nitrogens with one attached hydrogen (secondary N) is 1. The lowest BCUT2D eigenvalue weighted by atomic mass is 10.3. The van der Waals surface area contributed by atoms with Gasteiger partial charge in [-0.2, -0.15) is 10.1 Å². The molecule has 0 unspecified atom stereocenters. The first kappa shape index (κ1) is 22.4. The molecule has 148 valence electrons. The van der Waals surface area contributed by atoms with Crippen molar-refractivity contribution in [3.8, 4) is 11.6 Å². The summed E-state index contributed by atoms with van der Waals surface area (Å²) in [5, 5.41) is 7.07. The summed E-state index contributed by atoms with van der Waals surface area (Å²) in [7, 11) is 1.86. The predicted octanol–water partition coefficient (Wildman–Crippen LogP) is 3.89. The van der Waals surface area contributed by atoms with Crippen molar-refractivity contribution in [2.75, 3.05) is 26.8 Å². The van der Waals surface area contributed by atoms with Gasteiger partial charge < -0.3 is 14.8 Å². The summed E-state index contributed by atoms with van der Waals surface area (Å²) in [5.74, 6) is 1.11. The van der Waals surface area contributed by atoms with Crippen molar-refractivity contribution in [2.24, 2.45) is 0 Å². The molecule has 0 aliphatic carbocycles. The number of fused-ring (bicyclic) bond motifs is 1. The maximum Gasteiger partial charge on any atom is 0.216 e. The summed E-state index contributed by atoms with van der Waals surface area (Å²) in [6, 6.07) is 7.81. The fourth-order valence-corrected chi connectivity index (χ4v) is 2.00. The second-order valence-corrected chi connectivity index (χ2v) is 5.20. The maximum atomic E-state index is 12.4. The number of hydrogen-bond donors (Lipinski definition) is 1. The van der Waals surface area contributed by atoms with Gasteiger partial charge >= 0.3 is 0 Å². The van der Waals surface area contributed by atoms with Crippen LogP contribution in [0.1, 0.15) is 26.3 Å². The molecule has 0 bridgehead atoms. The number of benzene rings is 1. The third-order valence-corrected chi connectivity index (χ3v) is 3.25. The zero-order valence-corrected chi connectivity index (χ0v) is 16.7. The number of rotatable bonds is 6. The molecule has 0 aliphatic heterocycles. The minimum absolute atomic E-state index is 0.240. The Balaban J connectivity index is 0.000000248. The highest BCUT2D eigenvalue weighted by Crippen LogP contribution is 2.12. The van der Waals surface area contributed by atoms with Gasteiger partial charge in [-0.3, -0.25) is 0 Å². The quantitative estimate of drug-likeness (QED) is 0.662. The molecule has 0 saturated carbocycles. The molecule has 6 nitrogen and oxygen atoms in total. The first-order valence-electron chi connectivity index (χ1n) is 9.10. The second-order valence-electron chi connectivity index (χ2n) is 5.20. The fraction of sp³-hybridized carbons (Fsp3) is 0.400. The van der Waals surface area contributed by atoms with E-state index in [0.29, 0.717) is 24.8 Å². The van der Waals surface area contributed by atoms with Gasteiger partial charge in [0.05, 0.1) is 12.8 Å². The van der Waals surface area contributed by atoms with Crippen LogP contribution in [0, 0.1) is 12.7 Å². The summed E-state index contributed by atoms with van der Waals surface area (Å²) in [4.78, 5) is 4.30. The van der Waals surface area contributed by atoms with E-state index in [1.54, 1.807) is 22.8 Å². The lowest BCUT2D eigenvalue weighted by molar-refractivity contribution is 0.318. The molecule has 27 heavy (non-hydrogen) atoms. The highest BCUT2D eigenvalue weighted by atomic mass is 19.1. The van der Waals surface area contributed by atoms with Crippen LogP contribution in [0.5, 0.6) is 11.6 Å². The molecule has 0 radical (unpaired) electrons.